The summed E-state index contributed by atoms with van der Waals surface area (Å²) in [5.41, 5.74) is 1.94. The Morgan fingerprint density at radius 1 is 1.06 bits per heavy atom. The van der Waals surface area contributed by atoms with E-state index in [0.29, 0.717) is 28.5 Å². The highest BCUT2D eigenvalue weighted by atomic mass is 32.2. The Hall–Kier alpha value is -3.52. The quantitative estimate of drug-likeness (QED) is 0.373. The van der Waals surface area contributed by atoms with Crippen LogP contribution in [0.15, 0.2) is 76.2 Å². The highest BCUT2D eigenvalue weighted by molar-refractivity contribution is 8.00. The predicted octanol–water partition coefficient (Wildman–Crippen LogP) is 4.18. The molecule has 0 saturated heterocycles. The summed E-state index contributed by atoms with van der Waals surface area (Å²) >= 11 is 1.22. The van der Waals surface area contributed by atoms with Crippen LogP contribution in [-0.4, -0.2) is 29.6 Å². The number of anilines is 1. The number of rotatable bonds is 9. The van der Waals surface area contributed by atoms with Gasteiger partial charge in [0, 0.05) is 10.6 Å². The zero-order chi connectivity index (χ0) is 22.9. The van der Waals surface area contributed by atoms with Crippen LogP contribution >= 0.6 is 11.8 Å². The maximum absolute atomic E-state index is 12.7. The van der Waals surface area contributed by atoms with Crippen LogP contribution in [0, 0.1) is 6.92 Å². The van der Waals surface area contributed by atoms with Gasteiger partial charge in [0.25, 0.3) is 5.91 Å². The molecule has 0 aliphatic rings. The van der Waals surface area contributed by atoms with Crippen LogP contribution in [0.3, 0.4) is 0 Å². The molecule has 1 heterocycles. The number of ether oxygens (including phenoxy) is 1. The predicted molar refractivity (Wildman–Crippen MR) is 122 cm³/mol. The van der Waals surface area contributed by atoms with Crippen molar-refractivity contribution in [1.29, 1.82) is 0 Å². The zero-order valence-corrected chi connectivity index (χ0v) is 18.6. The zero-order valence-electron chi connectivity index (χ0n) is 17.8. The third-order valence-corrected chi connectivity index (χ3v) is 5.52. The maximum Gasteiger partial charge on any atom is 0.340 e. The molecule has 0 spiro atoms. The topological polar surface area (TPSA) is 97.6 Å². The Morgan fingerprint density at radius 3 is 2.62 bits per heavy atom. The lowest BCUT2D eigenvalue weighted by Crippen LogP contribution is -2.30. The minimum absolute atomic E-state index is 0.119. The van der Waals surface area contributed by atoms with Gasteiger partial charge in [0.15, 0.2) is 6.10 Å². The molecule has 7 nitrogen and oxygen atoms in total. The lowest BCUT2D eigenvalue weighted by atomic mass is 10.2. The standard InChI is InChI=1S/C24H24N2O5S/c1-16-7-5-8-18(13-16)26-23(28)17(2)31-24(29)20-10-3-4-11-21(20)32-15-22(27)25-14-19-9-6-12-30-19/h3-13,17H,14-15H2,1-2H3,(H,25,27)(H,26,28). The van der Waals surface area contributed by atoms with Crippen molar-refractivity contribution >= 4 is 35.2 Å². The van der Waals surface area contributed by atoms with Gasteiger partial charge in [0.05, 0.1) is 24.1 Å². The summed E-state index contributed by atoms with van der Waals surface area (Å²) in [6, 6.07) is 17.7. The normalized spacial score (nSPS) is 11.4. The first kappa shape index (κ1) is 23.1. The third kappa shape index (κ3) is 6.75. The molecule has 3 aromatic rings. The largest absolute Gasteiger partial charge is 0.467 e. The number of esters is 1. The fourth-order valence-corrected chi connectivity index (χ4v) is 3.67. The van der Waals surface area contributed by atoms with E-state index in [4.69, 9.17) is 9.15 Å². The molecule has 3 rings (SSSR count). The van der Waals surface area contributed by atoms with E-state index in [1.807, 2.05) is 25.1 Å². The van der Waals surface area contributed by atoms with Crippen LogP contribution in [-0.2, 0) is 20.9 Å². The number of carbonyl (C=O) groups is 3. The number of furan rings is 1. The monoisotopic (exact) mass is 452 g/mol. The lowest BCUT2D eigenvalue weighted by Gasteiger charge is -2.15. The Balaban J connectivity index is 1.54. The van der Waals surface area contributed by atoms with E-state index >= 15 is 0 Å². The number of amides is 2. The van der Waals surface area contributed by atoms with E-state index < -0.39 is 18.0 Å². The highest BCUT2D eigenvalue weighted by Crippen LogP contribution is 2.24. The number of hydrogen-bond acceptors (Lipinski definition) is 6. The summed E-state index contributed by atoms with van der Waals surface area (Å²) in [5.74, 6) is -0.470. The minimum atomic E-state index is -0.988. The molecule has 0 radical (unpaired) electrons. The van der Waals surface area contributed by atoms with Gasteiger partial charge in [0.1, 0.15) is 5.76 Å². The fourth-order valence-electron chi connectivity index (χ4n) is 2.80. The molecule has 0 fully saturated rings. The summed E-state index contributed by atoms with van der Waals surface area (Å²) in [4.78, 5) is 37.8. The first-order valence-electron chi connectivity index (χ1n) is 10.0. The average Bonchev–Trinajstić information content (AvgIpc) is 3.30. The summed E-state index contributed by atoms with van der Waals surface area (Å²) in [7, 11) is 0. The van der Waals surface area contributed by atoms with Crippen LogP contribution in [0.1, 0.15) is 28.6 Å². The number of hydrogen-bond donors (Lipinski definition) is 2. The van der Waals surface area contributed by atoms with Gasteiger partial charge in [-0.25, -0.2) is 4.79 Å². The van der Waals surface area contributed by atoms with Crippen LogP contribution in [0.5, 0.6) is 0 Å². The second kappa shape index (κ2) is 11.2. The molecule has 0 saturated carbocycles. The summed E-state index contributed by atoms with van der Waals surface area (Å²) in [5, 5.41) is 5.49. The Bertz CT molecular complexity index is 1080. The van der Waals surface area contributed by atoms with Gasteiger partial charge in [-0.15, -0.1) is 11.8 Å². The lowest BCUT2D eigenvalue weighted by molar-refractivity contribution is -0.123. The Kier molecular flexibility index (Phi) is 8.10. The second-order valence-electron chi connectivity index (χ2n) is 7.05. The van der Waals surface area contributed by atoms with E-state index in [9.17, 15) is 14.4 Å². The van der Waals surface area contributed by atoms with Gasteiger partial charge in [-0.3, -0.25) is 9.59 Å². The first-order valence-corrected chi connectivity index (χ1v) is 11.0. The molecule has 1 atom stereocenters. The van der Waals surface area contributed by atoms with E-state index in [1.165, 1.54) is 18.7 Å². The van der Waals surface area contributed by atoms with Gasteiger partial charge in [-0.1, -0.05) is 24.3 Å². The van der Waals surface area contributed by atoms with E-state index in [-0.39, 0.29) is 11.7 Å². The van der Waals surface area contributed by atoms with Gasteiger partial charge < -0.3 is 19.8 Å². The van der Waals surface area contributed by atoms with Crippen LogP contribution in [0.2, 0.25) is 0 Å². The van der Waals surface area contributed by atoms with Gasteiger partial charge in [-0.2, -0.15) is 0 Å². The molecule has 32 heavy (non-hydrogen) atoms. The molecular weight excluding hydrogens is 428 g/mol. The summed E-state index contributed by atoms with van der Waals surface area (Å²) in [6.07, 6.45) is 0.554. The van der Waals surface area contributed by atoms with E-state index in [2.05, 4.69) is 10.6 Å². The van der Waals surface area contributed by atoms with Gasteiger partial charge in [0.2, 0.25) is 5.91 Å². The van der Waals surface area contributed by atoms with Gasteiger partial charge >= 0.3 is 5.97 Å². The fraction of sp³-hybridized carbons (Fsp3) is 0.208. The van der Waals surface area contributed by atoms with Crippen molar-refractivity contribution in [1.82, 2.24) is 5.32 Å². The van der Waals surface area contributed by atoms with Crippen LogP contribution in [0.25, 0.3) is 0 Å². The molecular formula is C24H24N2O5S. The highest BCUT2D eigenvalue weighted by Gasteiger charge is 2.21. The van der Waals surface area contributed by atoms with Crippen molar-refractivity contribution in [2.24, 2.45) is 0 Å². The molecule has 166 valence electrons. The number of thioether (sulfide) groups is 1. The van der Waals surface area contributed by atoms with E-state index in [0.717, 1.165) is 5.56 Å². The number of benzene rings is 2. The van der Waals surface area contributed by atoms with Crippen molar-refractivity contribution in [2.75, 3.05) is 11.1 Å². The van der Waals surface area contributed by atoms with Gasteiger partial charge in [-0.05, 0) is 55.8 Å². The molecule has 2 aromatic carbocycles. The van der Waals surface area contributed by atoms with E-state index in [1.54, 1.807) is 48.7 Å². The molecule has 2 N–H and O–H groups in total. The average molecular weight is 453 g/mol. The second-order valence-corrected chi connectivity index (χ2v) is 8.06. The molecule has 1 unspecified atom stereocenters. The number of carbonyl (C=O) groups excluding carboxylic acids is 3. The SMILES string of the molecule is Cc1cccc(NC(=O)C(C)OC(=O)c2ccccc2SCC(=O)NCc2ccco2)c1. The smallest absolute Gasteiger partial charge is 0.340 e. The Labute approximate surface area is 190 Å². The third-order valence-electron chi connectivity index (χ3n) is 4.44. The van der Waals surface area contributed by atoms with Crippen molar-refractivity contribution in [2.45, 2.75) is 31.4 Å². The summed E-state index contributed by atoms with van der Waals surface area (Å²) in [6.45, 7) is 3.73. The molecule has 1 aromatic heterocycles. The molecule has 8 heteroatoms. The van der Waals surface area contributed by atoms with Crippen molar-refractivity contribution in [3.63, 3.8) is 0 Å². The molecule has 0 aliphatic heterocycles. The minimum Gasteiger partial charge on any atom is -0.467 e. The number of nitrogens with one attached hydrogen (secondary N) is 2. The molecule has 2 amide bonds. The van der Waals surface area contributed by atoms with Crippen LogP contribution < -0.4 is 10.6 Å². The maximum atomic E-state index is 12.7. The van der Waals surface area contributed by atoms with Crippen molar-refractivity contribution < 1.29 is 23.5 Å². The Morgan fingerprint density at radius 2 is 1.88 bits per heavy atom. The number of aryl methyl sites for hydroxylation is 1. The van der Waals surface area contributed by atoms with Crippen LogP contribution in [0.4, 0.5) is 5.69 Å². The molecule has 0 bridgehead atoms. The summed E-state index contributed by atoms with van der Waals surface area (Å²) < 4.78 is 10.5. The van der Waals surface area contributed by atoms with Crippen molar-refractivity contribution in [3.8, 4) is 0 Å². The first-order chi connectivity index (χ1) is 15.4. The molecule has 0 aliphatic carbocycles. The van der Waals surface area contributed by atoms with Crippen molar-refractivity contribution in [3.05, 3.63) is 83.8 Å².